The summed E-state index contributed by atoms with van der Waals surface area (Å²) in [6.07, 6.45) is 1.22. The number of ether oxygens (including phenoxy) is 2. The maximum atomic E-state index is 12.0. The fourth-order valence-corrected chi connectivity index (χ4v) is 2.03. The van der Waals surface area contributed by atoms with Gasteiger partial charge in [0.1, 0.15) is 5.75 Å². The van der Waals surface area contributed by atoms with Gasteiger partial charge in [-0.25, -0.2) is 4.79 Å². The van der Waals surface area contributed by atoms with E-state index < -0.39 is 5.97 Å². The lowest BCUT2D eigenvalue weighted by Crippen LogP contribution is -2.20. The molecule has 0 aromatic heterocycles. The van der Waals surface area contributed by atoms with Gasteiger partial charge in [-0.15, -0.1) is 0 Å². The molecule has 0 aliphatic carbocycles. The van der Waals surface area contributed by atoms with E-state index in [1.165, 1.54) is 6.21 Å². The summed E-state index contributed by atoms with van der Waals surface area (Å²) < 4.78 is 10.3. The van der Waals surface area contributed by atoms with Crippen LogP contribution in [0, 0.1) is 0 Å². The maximum absolute atomic E-state index is 12.0. The smallest absolute Gasteiger partial charge is 0.338 e. The molecule has 7 heteroatoms. The second-order valence-electron chi connectivity index (χ2n) is 4.92. The number of para-hydroxylation sites is 1. The summed E-state index contributed by atoms with van der Waals surface area (Å²) in [6.45, 7) is 1.82. The molecule has 2 rings (SSSR count). The van der Waals surface area contributed by atoms with Crippen molar-refractivity contribution in [3.05, 3.63) is 59.7 Å². The van der Waals surface area contributed by atoms with E-state index in [2.05, 4.69) is 10.5 Å². The molecule has 130 valence electrons. The van der Waals surface area contributed by atoms with E-state index in [1.807, 2.05) is 0 Å². The van der Waals surface area contributed by atoms with Crippen molar-refractivity contribution in [2.24, 2.45) is 5.16 Å². The minimum absolute atomic E-state index is 0.212. The van der Waals surface area contributed by atoms with Crippen LogP contribution < -0.4 is 10.1 Å². The van der Waals surface area contributed by atoms with Crippen molar-refractivity contribution in [3.63, 3.8) is 0 Å². The number of benzene rings is 2. The Morgan fingerprint density at radius 2 is 1.88 bits per heavy atom. The average Bonchev–Trinajstić information content (AvgIpc) is 2.62. The molecule has 2 N–H and O–H groups in total. The second-order valence-corrected chi connectivity index (χ2v) is 4.92. The summed E-state index contributed by atoms with van der Waals surface area (Å²) in [6, 6.07) is 13.2. The number of oxime groups is 1. The van der Waals surface area contributed by atoms with Gasteiger partial charge in [0.25, 0.3) is 5.91 Å². The molecule has 0 atom stereocenters. The number of hydrogen-bond donors (Lipinski definition) is 2. The lowest BCUT2D eigenvalue weighted by molar-refractivity contribution is -0.118. The zero-order valence-corrected chi connectivity index (χ0v) is 13.6. The SMILES string of the molecule is CCOC(=O)c1ccc(NC(=O)COc2ccccc2/C=N/O)cc1. The van der Waals surface area contributed by atoms with Crippen molar-refractivity contribution in [3.8, 4) is 5.75 Å². The van der Waals surface area contributed by atoms with Crippen LogP contribution in [-0.2, 0) is 9.53 Å². The third-order valence-electron chi connectivity index (χ3n) is 3.15. The number of esters is 1. The Morgan fingerprint density at radius 1 is 1.16 bits per heavy atom. The highest BCUT2D eigenvalue weighted by atomic mass is 16.5. The van der Waals surface area contributed by atoms with Gasteiger partial charge < -0.3 is 20.0 Å². The Bertz CT molecular complexity index is 756. The van der Waals surface area contributed by atoms with E-state index in [4.69, 9.17) is 14.7 Å². The predicted molar refractivity (Wildman–Crippen MR) is 92.3 cm³/mol. The van der Waals surface area contributed by atoms with E-state index in [0.29, 0.717) is 29.2 Å². The van der Waals surface area contributed by atoms with Gasteiger partial charge in [0, 0.05) is 11.3 Å². The molecule has 25 heavy (non-hydrogen) atoms. The first kappa shape index (κ1) is 18.0. The first-order chi connectivity index (χ1) is 12.1. The third-order valence-corrected chi connectivity index (χ3v) is 3.15. The molecule has 0 bridgehead atoms. The molecule has 0 fully saturated rings. The normalized spacial score (nSPS) is 10.4. The molecular formula is C18H18N2O5. The summed E-state index contributed by atoms with van der Waals surface area (Å²) in [4.78, 5) is 23.5. The van der Waals surface area contributed by atoms with E-state index in [1.54, 1.807) is 55.5 Å². The van der Waals surface area contributed by atoms with Crippen molar-refractivity contribution in [1.82, 2.24) is 0 Å². The minimum Gasteiger partial charge on any atom is -0.483 e. The van der Waals surface area contributed by atoms with Gasteiger partial charge >= 0.3 is 5.97 Å². The van der Waals surface area contributed by atoms with Crippen molar-refractivity contribution in [1.29, 1.82) is 0 Å². The predicted octanol–water partition coefficient (Wildman–Crippen LogP) is 2.69. The van der Waals surface area contributed by atoms with Gasteiger partial charge in [0.15, 0.2) is 6.61 Å². The summed E-state index contributed by atoms with van der Waals surface area (Å²) in [5.74, 6) is -0.349. The maximum Gasteiger partial charge on any atom is 0.338 e. The fraction of sp³-hybridized carbons (Fsp3) is 0.167. The van der Waals surface area contributed by atoms with E-state index >= 15 is 0 Å². The second kappa shape index (κ2) is 9.07. The van der Waals surface area contributed by atoms with Crippen LogP contribution in [0.1, 0.15) is 22.8 Å². The molecular weight excluding hydrogens is 324 g/mol. The average molecular weight is 342 g/mol. The first-order valence-corrected chi connectivity index (χ1v) is 7.60. The van der Waals surface area contributed by atoms with Crippen LogP contribution in [0.25, 0.3) is 0 Å². The number of carbonyl (C=O) groups is 2. The number of amides is 1. The molecule has 2 aromatic carbocycles. The van der Waals surface area contributed by atoms with Crippen LogP contribution in [0.4, 0.5) is 5.69 Å². The van der Waals surface area contributed by atoms with Gasteiger partial charge in [-0.3, -0.25) is 4.79 Å². The Labute approximate surface area is 144 Å². The molecule has 0 spiro atoms. The molecule has 0 unspecified atom stereocenters. The summed E-state index contributed by atoms with van der Waals surface area (Å²) >= 11 is 0. The highest BCUT2D eigenvalue weighted by Gasteiger charge is 2.08. The van der Waals surface area contributed by atoms with E-state index in [0.717, 1.165) is 0 Å². The zero-order chi connectivity index (χ0) is 18.1. The minimum atomic E-state index is -0.411. The number of nitrogens with one attached hydrogen (secondary N) is 1. The fourth-order valence-electron chi connectivity index (χ4n) is 2.03. The molecule has 7 nitrogen and oxygen atoms in total. The molecule has 0 aliphatic rings. The number of nitrogens with zero attached hydrogens (tertiary/aromatic N) is 1. The Kier molecular flexibility index (Phi) is 6.53. The Morgan fingerprint density at radius 3 is 2.56 bits per heavy atom. The van der Waals surface area contributed by atoms with Gasteiger partial charge in [-0.1, -0.05) is 17.3 Å². The molecule has 0 saturated carbocycles. The monoisotopic (exact) mass is 342 g/mol. The van der Waals surface area contributed by atoms with Crippen LogP contribution in [-0.4, -0.2) is 36.5 Å². The highest BCUT2D eigenvalue weighted by Crippen LogP contribution is 2.16. The van der Waals surface area contributed by atoms with Crippen LogP contribution in [0.2, 0.25) is 0 Å². The zero-order valence-electron chi connectivity index (χ0n) is 13.6. The van der Waals surface area contributed by atoms with Gasteiger partial charge in [-0.2, -0.15) is 0 Å². The molecule has 0 saturated heterocycles. The lowest BCUT2D eigenvalue weighted by Gasteiger charge is -2.09. The Balaban J connectivity index is 1.91. The van der Waals surface area contributed by atoms with Crippen molar-refractivity contribution in [2.75, 3.05) is 18.5 Å². The van der Waals surface area contributed by atoms with Crippen LogP contribution in [0.5, 0.6) is 5.75 Å². The summed E-state index contributed by atoms with van der Waals surface area (Å²) in [5, 5.41) is 14.2. The van der Waals surface area contributed by atoms with Gasteiger partial charge in [-0.05, 0) is 43.3 Å². The van der Waals surface area contributed by atoms with E-state index in [-0.39, 0.29) is 12.5 Å². The number of anilines is 1. The van der Waals surface area contributed by atoms with E-state index in [9.17, 15) is 9.59 Å². The molecule has 0 radical (unpaired) electrons. The number of rotatable bonds is 7. The lowest BCUT2D eigenvalue weighted by atomic mass is 10.2. The highest BCUT2D eigenvalue weighted by molar-refractivity contribution is 5.94. The quantitative estimate of drug-likeness (QED) is 0.349. The topological polar surface area (TPSA) is 97.2 Å². The molecule has 1 amide bonds. The number of hydrogen-bond acceptors (Lipinski definition) is 6. The Hall–Kier alpha value is -3.35. The summed E-state index contributed by atoms with van der Waals surface area (Å²) in [5.41, 5.74) is 1.50. The number of carbonyl (C=O) groups excluding carboxylic acids is 2. The van der Waals surface area contributed by atoms with Gasteiger partial charge in [0.2, 0.25) is 0 Å². The third kappa shape index (κ3) is 5.35. The molecule has 2 aromatic rings. The van der Waals surface area contributed by atoms with Crippen LogP contribution in [0.3, 0.4) is 0 Å². The summed E-state index contributed by atoms with van der Waals surface area (Å²) in [7, 11) is 0. The first-order valence-electron chi connectivity index (χ1n) is 7.60. The van der Waals surface area contributed by atoms with Crippen LogP contribution in [0.15, 0.2) is 53.7 Å². The van der Waals surface area contributed by atoms with Crippen molar-refractivity contribution < 1.29 is 24.3 Å². The van der Waals surface area contributed by atoms with Crippen molar-refractivity contribution >= 4 is 23.8 Å². The van der Waals surface area contributed by atoms with Crippen molar-refractivity contribution in [2.45, 2.75) is 6.92 Å². The molecule has 0 heterocycles. The standard InChI is InChI=1S/C18H18N2O5/c1-2-24-18(22)13-7-9-15(10-8-13)20-17(21)12-25-16-6-4-3-5-14(16)11-19-23/h3-11,23H,2,12H2,1H3,(H,20,21)/b19-11+. The molecule has 0 aliphatic heterocycles. The largest absolute Gasteiger partial charge is 0.483 e. The van der Waals surface area contributed by atoms with Crippen LogP contribution >= 0.6 is 0 Å². The van der Waals surface area contributed by atoms with Gasteiger partial charge in [0.05, 0.1) is 18.4 Å².